The van der Waals surface area contributed by atoms with Crippen molar-refractivity contribution in [3.8, 4) is 5.75 Å². The predicted molar refractivity (Wildman–Crippen MR) is 83.7 cm³/mol. The first-order valence-electron chi connectivity index (χ1n) is 8.20. The second kappa shape index (κ2) is 6.53. The van der Waals surface area contributed by atoms with Crippen molar-refractivity contribution >= 4 is 11.6 Å². The zero-order chi connectivity index (χ0) is 17.3. The summed E-state index contributed by atoms with van der Waals surface area (Å²) in [7, 11) is 0. The van der Waals surface area contributed by atoms with Gasteiger partial charge in [0.15, 0.2) is 0 Å². The summed E-state index contributed by atoms with van der Waals surface area (Å²) in [6, 6.07) is 5.92. The molecule has 0 bridgehead atoms. The van der Waals surface area contributed by atoms with Crippen LogP contribution in [0.2, 0.25) is 0 Å². The number of hydrogen-bond acceptors (Lipinski definition) is 3. The molecular formula is C17H21F3N2O2. The molecule has 0 spiro atoms. The number of benzene rings is 1. The molecule has 0 aromatic heterocycles. The third kappa shape index (κ3) is 4.33. The molecule has 3 rings (SSSR count). The largest absolute Gasteiger partial charge is 0.573 e. The van der Waals surface area contributed by atoms with Gasteiger partial charge in [-0.05, 0) is 48.9 Å². The fourth-order valence-electron chi connectivity index (χ4n) is 3.16. The monoisotopic (exact) mass is 342 g/mol. The van der Waals surface area contributed by atoms with Crippen LogP contribution in [0, 0.1) is 17.8 Å². The Morgan fingerprint density at radius 1 is 1.33 bits per heavy atom. The number of ether oxygens (including phenoxy) is 1. The Bertz CT molecular complexity index is 588. The van der Waals surface area contributed by atoms with E-state index < -0.39 is 6.36 Å². The number of rotatable bonds is 5. The molecule has 1 amide bonds. The summed E-state index contributed by atoms with van der Waals surface area (Å²) in [6.07, 6.45) is -2.73. The van der Waals surface area contributed by atoms with Crippen molar-refractivity contribution in [2.24, 2.45) is 17.8 Å². The highest BCUT2D eigenvalue weighted by Crippen LogP contribution is 2.37. The molecule has 1 saturated carbocycles. The summed E-state index contributed by atoms with van der Waals surface area (Å²) in [5, 5.41) is 3.01. The highest BCUT2D eigenvalue weighted by atomic mass is 19.4. The van der Waals surface area contributed by atoms with Crippen LogP contribution < -0.4 is 15.0 Å². The molecule has 3 atom stereocenters. The number of nitrogens with zero attached hydrogens (tertiary/aromatic N) is 1. The van der Waals surface area contributed by atoms with Gasteiger partial charge in [-0.25, -0.2) is 0 Å². The van der Waals surface area contributed by atoms with Gasteiger partial charge in [0.25, 0.3) is 0 Å². The minimum atomic E-state index is -4.67. The van der Waals surface area contributed by atoms with Crippen LogP contribution >= 0.6 is 0 Å². The first-order valence-corrected chi connectivity index (χ1v) is 8.20. The lowest BCUT2D eigenvalue weighted by atomic mass is 10.1. The highest BCUT2D eigenvalue weighted by molar-refractivity contribution is 5.81. The molecular weight excluding hydrogens is 321 g/mol. The van der Waals surface area contributed by atoms with Crippen molar-refractivity contribution in [1.82, 2.24) is 5.32 Å². The summed E-state index contributed by atoms with van der Waals surface area (Å²) in [5.41, 5.74) is 0.870. The van der Waals surface area contributed by atoms with Crippen LogP contribution in [-0.2, 0) is 4.79 Å². The molecule has 1 aromatic carbocycles. The first-order chi connectivity index (χ1) is 11.3. The van der Waals surface area contributed by atoms with E-state index in [0.29, 0.717) is 18.4 Å². The lowest BCUT2D eigenvalue weighted by Crippen LogP contribution is -2.32. The molecule has 1 saturated heterocycles. The third-order valence-electron chi connectivity index (χ3n) is 4.73. The summed E-state index contributed by atoms with van der Waals surface area (Å²) in [5.74, 6) is 0.989. The summed E-state index contributed by atoms with van der Waals surface area (Å²) in [4.78, 5) is 14.0. The standard InChI is InChI=1S/C17H21F3N2O2/c1-11-8-15(11)16(23)21-9-12-6-7-22(10-12)13-2-4-14(5-3-13)24-17(18,19)20/h2-5,11-12,15H,6-10H2,1H3,(H,21,23)/t11-,12+,15+/m1/s1. The Morgan fingerprint density at radius 3 is 2.58 bits per heavy atom. The second-order valence-electron chi connectivity index (χ2n) is 6.71. The maximum absolute atomic E-state index is 12.2. The molecule has 2 fully saturated rings. The Labute approximate surface area is 139 Å². The lowest BCUT2D eigenvalue weighted by molar-refractivity contribution is -0.274. The molecule has 1 heterocycles. The van der Waals surface area contributed by atoms with Crippen LogP contribution in [0.4, 0.5) is 18.9 Å². The van der Waals surface area contributed by atoms with E-state index in [-0.39, 0.29) is 17.6 Å². The van der Waals surface area contributed by atoms with E-state index in [9.17, 15) is 18.0 Å². The Hall–Kier alpha value is -1.92. The quantitative estimate of drug-likeness (QED) is 0.894. The van der Waals surface area contributed by atoms with E-state index >= 15 is 0 Å². The third-order valence-corrected chi connectivity index (χ3v) is 4.73. The Balaban J connectivity index is 1.47. The zero-order valence-electron chi connectivity index (χ0n) is 13.5. The van der Waals surface area contributed by atoms with E-state index in [1.54, 1.807) is 12.1 Å². The number of halogens is 3. The lowest BCUT2D eigenvalue weighted by Gasteiger charge is -2.19. The van der Waals surface area contributed by atoms with Gasteiger partial charge in [-0.3, -0.25) is 4.79 Å². The number of carbonyl (C=O) groups excluding carboxylic acids is 1. The highest BCUT2D eigenvalue weighted by Gasteiger charge is 2.39. The SMILES string of the molecule is C[C@@H]1C[C@@H]1C(=O)NC[C@@H]1CCN(c2ccc(OC(F)(F)F)cc2)C1. The number of anilines is 1. The smallest absolute Gasteiger partial charge is 0.406 e. The van der Waals surface area contributed by atoms with Crippen LogP contribution in [0.5, 0.6) is 5.75 Å². The average Bonchev–Trinajstić information content (AvgIpc) is 3.06. The van der Waals surface area contributed by atoms with Gasteiger partial charge in [-0.15, -0.1) is 13.2 Å². The molecule has 2 aliphatic rings. The van der Waals surface area contributed by atoms with Crippen LogP contribution in [0.3, 0.4) is 0 Å². The van der Waals surface area contributed by atoms with Crippen LogP contribution in [-0.4, -0.2) is 31.9 Å². The molecule has 132 valence electrons. The molecule has 24 heavy (non-hydrogen) atoms. The molecule has 1 aliphatic heterocycles. The van der Waals surface area contributed by atoms with Crippen LogP contribution in [0.15, 0.2) is 24.3 Å². The number of alkyl halides is 3. The van der Waals surface area contributed by atoms with Gasteiger partial charge in [-0.1, -0.05) is 6.92 Å². The van der Waals surface area contributed by atoms with Gasteiger partial charge < -0.3 is 15.0 Å². The second-order valence-corrected chi connectivity index (χ2v) is 6.71. The van der Waals surface area contributed by atoms with Crippen molar-refractivity contribution in [2.75, 3.05) is 24.5 Å². The number of carbonyl (C=O) groups is 1. The molecule has 1 N–H and O–H groups in total. The first kappa shape index (κ1) is 16.9. The summed E-state index contributed by atoms with van der Waals surface area (Å²) >= 11 is 0. The molecule has 0 unspecified atom stereocenters. The minimum absolute atomic E-state index is 0.148. The van der Waals surface area contributed by atoms with E-state index in [0.717, 1.165) is 31.6 Å². The van der Waals surface area contributed by atoms with Crippen molar-refractivity contribution in [3.63, 3.8) is 0 Å². The van der Waals surface area contributed by atoms with E-state index in [1.165, 1.54) is 12.1 Å². The van der Waals surface area contributed by atoms with Crippen molar-refractivity contribution in [2.45, 2.75) is 26.1 Å². The topological polar surface area (TPSA) is 41.6 Å². The van der Waals surface area contributed by atoms with Gasteiger partial charge in [-0.2, -0.15) is 0 Å². The van der Waals surface area contributed by atoms with E-state index in [2.05, 4.69) is 21.9 Å². The molecule has 4 nitrogen and oxygen atoms in total. The Morgan fingerprint density at radius 2 is 2.00 bits per heavy atom. The van der Waals surface area contributed by atoms with E-state index in [1.807, 2.05) is 0 Å². The van der Waals surface area contributed by atoms with Crippen LogP contribution in [0.1, 0.15) is 19.8 Å². The van der Waals surface area contributed by atoms with Gasteiger partial charge in [0.2, 0.25) is 5.91 Å². The zero-order valence-corrected chi connectivity index (χ0v) is 13.5. The predicted octanol–water partition coefficient (Wildman–Crippen LogP) is 3.18. The summed E-state index contributed by atoms with van der Waals surface area (Å²) < 4.78 is 40.4. The molecule has 0 radical (unpaired) electrons. The van der Waals surface area contributed by atoms with Crippen molar-refractivity contribution in [1.29, 1.82) is 0 Å². The number of hydrogen-bond donors (Lipinski definition) is 1. The van der Waals surface area contributed by atoms with Gasteiger partial charge in [0.05, 0.1) is 0 Å². The fourth-order valence-corrected chi connectivity index (χ4v) is 3.16. The maximum atomic E-state index is 12.2. The van der Waals surface area contributed by atoms with Gasteiger partial charge in [0.1, 0.15) is 5.75 Å². The summed E-state index contributed by atoms with van der Waals surface area (Å²) in [6.45, 7) is 4.36. The molecule has 1 aromatic rings. The fraction of sp³-hybridized carbons (Fsp3) is 0.588. The normalized spacial score (nSPS) is 26.3. The maximum Gasteiger partial charge on any atom is 0.573 e. The molecule has 1 aliphatic carbocycles. The number of amides is 1. The Kier molecular flexibility index (Phi) is 4.60. The number of nitrogens with one attached hydrogen (secondary N) is 1. The van der Waals surface area contributed by atoms with Crippen molar-refractivity contribution < 1.29 is 22.7 Å². The van der Waals surface area contributed by atoms with Gasteiger partial charge in [0, 0.05) is 31.2 Å². The van der Waals surface area contributed by atoms with Crippen LogP contribution in [0.25, 0.3) is 0 Å². The minimum Gasteiger partial charge on any atom is -0.406 e. The van der Waals surface area contributed by atoms with E-state index in [4.69, 9.17) is 0 Å². The van der Waals surface area contributed by atoms with Crippen molar-refractivity contribution in [3.05, 3.63) is 24.3 Å². The molecule has 7 heteroatoms. The average molecular weight is 342 g/mol. The van der Waals surface area contributed by atoms with Gasteiger partial charge >= 0.3 is 6.36 Å².